The number of nitrogens with one attached hydrogen (secondary N) is 1. The van der Waals surface area contributed by atoms with Gasteiger partial charge < -0.3 is 10.2 Å². The molecule has 10 heteroatoms. The van der Waals surface area contributed by atoms with Gasteiger partial charge >= 0.3 is 0 Å². The quantitative estimate of drug-likeness (QED) is 0.595. The molecule has 3 aromatic rings. The number of rotatable bonds is 5. The molecule has 1 aliphatic rings. The van der Waals surface area contributed by atoms with Gasteiger partial charge in [-0.1, -0.05) is 23.7 Å². The third kappa shape index (κ3) is 5.05. The molecule has 1 fully saturated rings. The van der Waals surface area contributed by atoms with Gasteiger partial charge in [-0.2, -0.15) is 9.40 Å². The van der Waals surface area contributed by atoms with Gasteiger partial charge in [0, 0.05) is 55.8 Å². The summed E-state index contributed by atoms with van der Waals surface area (Å²) in [6.45, 7) is 5.46. The Labute approximate surface area is 198 Å². The second-order valence-electron chi connectivity index (χ2n) is 8.22. The first-order valence-corrected chi connectivity index (χ1v) is 12.4. The Kier molecular flexibility index (Phi) is 6.47. The summed E-state index contributed by atoms with van der Waals surface area (Å²) in [4.78, 5) is 15.1. The lowest BCUT2D eigenvalue weighted by molar-refractivity contribution is 0.102. The van der Waals surface area contributed by atoms with E-state index in [4.69, 9.17) is 11.6 Å². The minimum Gasteiger partial charge on any atom is -0.369 e. The number of benzene rings is 2. The van der Waals surface area contributed by atoms with E-state index >= 15 is 0 Å². The van der Waals surface area contributed by atoms with E-state index in [0.29, 0.717) is 23.8 Å². The zero-order chi connectivity index (χ0) is 23.8. The molecule has 0 radical (unpaired) electrons. The van der Waals surface area contributed by atoms with Crippen molar-refractivity contribution in [2.75, 3.05) is 36.4 Å². The zero-order valence-corrected chi connectivity index (χ0v) is 20.3. The van der Waals surface area contributed by atoms with E-state index in [1.54, 1.807) is 13.1 Å². The van der Waals surface area contributed by atoms with Gasteiger partial charge in [0.2, 0.25) is 5.03 Å². The van der Waals surface area contributed by atoms with Crippen molar-refractivity contribution in [3.8, 4) is 0 Å². The molecule has 1 N–H and O–H groups in total. The van der Waals surface area contributed by atoms with E-state index in [1.807, 2.05) is 50.2 Å². The van der Waals surface area contributed by atoms with Gasteiger partial charge in [-0.25, -0.2) is 8.42 Å². The molecule has 2 aromatic carbocycles. The Morgan fingerprint density at radius 3 is 2.33 bits per heavy atom. The highest BCUT2D eigenvalue weighted by atomic mass is 35.5. The second kappa shape index (κ2) is 9.17. The summed E-state index contributed by atoms with van der Waals surface area (Å²) in [5, 5.41) is 7.35. The van der Waals surface area contributed by atoms with Crippen LogP contribution in [0.2, 0.25) is 5.02 Å². The highest BCUT2D eigenvalue weighted by molar-refractivity contribution is 7.89. The number of piperazine rings is 1. The maximum atomic E-state index is 13.4. The Balaban J connectivity index is 1.53. The molecule has 2 heterocycles. The molecular weight excluding hydrogens is 462 g/mol. The average molecular weight is 488 g/mol. The first-order valence-electron chi connectivity index (χ1n) is 10.6. The van der Waals surface area contributed by atoms with Gasteiger partial charge in [0.1, 0.15) is 0 Å². The molecule has 0 spiro atoms. The number of anilines is 2. The standard InChI is InChI=1S/C23H26ClN5O3S/c1-16-11-17(2)13-19(12-16)25-22(30)21-15-27(3)26-23(21)33(31,32)29-9-7-28(8-10-29)20-6-4-5-18(24)14-20/h4-6,11-15H,7-10H2,1-3H3,(H,25,30). The van der Waals surface area contributed by atoms with Crippen LogP contribution in [-0.2, 0) is 17.1 Å². The number of aryl methyl sites for hydroxylation is 3. The van der Waals surface area contributed by atoms with E-state index in [1.165, 1.54) is 15.2 Å². The Morgan fingerprint density at radius 1 is 1.03 bits per heavy atom. The van der Waals surface area contributed by atoms with Gasteiger partial charge in [-0.05, 0) is 55.3 Å². The van der Waals surface area contributed by atoms with Crippen LogP contribution >= 0.6 is 11.6 Å². The lowest BCUT2D eigenvalue weighted by Gasteiger charge is -2.35. The average Bonchev–Trinajstić information content (AvgIpc) is 3.16. The van der Waals surface area contributed by atoms with E-state index in [0.717, 1.165) is 16.8 Å². The number of carbonyl (C=O) groups is 1. The predicted molar refractivity (Wildman–Crippen MR) is 130 cm³/mol. The summed E-state index contributed by atoms with van der Waals surface area (Å²) in [6, 6.07) is 13.2. The topological polar surface area (TPSA) is 87.5 Å². The van der Waals surface area contributed by atoms with Crippen LogP contribution in [0.25, 0.3) is 0 Å². The van der Waals surface area contributed by atoms with Crippen LogP contribution in [0.4, 0.5) is 11.4 Å². The second-order valence-corrected chi connectivity index (χ2v) is 10.5. The van der Waals surface area contributed by atoms with Gasteiger partial charge in [0.05, 0.1) is 5.56 Å². The molecule has 0 bridgehead atoms. The van der Waals surface area contributed by atoms with E-state index < -0.39 is 15.9 Å². The number of hydrogen-bond donors (Lipinski definition) is 1. The van der Waals surface area contributed by atoms with Crippen molar-refractivity contribution in [2.24, 2.45) is 7.05 Å². The van der Waals surface area contributed by atoms with Crippen LogP contribution in [0.3, 0.4) is 0 Å². The molecule has 0 unspecified atom stereocenters. The highest BCUT2D eigenvalue weighted by Crippen LogP contribution is 2.25. The van der Waals surface area contributed by atoms with Crippen molar-refractivity contribution in [3.05, 3.63) is 70.4 Å². The smallest absolute Gasteiger partial charge is 0.263 e. The number of hydrogen-bond acceptors (Lipinski definition) is 5. The summed E-state index contributed by atoms with van der Waals surface area (Å²) in [6.07, 6.45) is 1.44. The Morgan fingerprint density at radius 2 is 1.70 bits per heavy atom. The van der Waals surface area contributed by atoms with E-state index in [2.05, 4.69) is 15.3 Å². The van der Waals surface area contributed by atoms with Crippen LogP contribution in [0.15, 0.2) is 53.7 Å². The van der Waals surface area contributed by atoms with Crippen LogP contribution in [-0.4, -0.2) is 54.6 Å². The zero-order valence-electron chi connectivity index (χ0n) is 18.7. The lowest BCUT2D eigenvalue weighted by Crippen LogP contribution is -2.49. The van der Waals surface area contributed by atoms with Gasteiger partial charge in [0.25, 0.3) is 15.9 Å². The minimum atomic E-state index is -3.95. The molecular formula is C23H26ClN5O3S. The molecule has 0 aliphatic carbocycles. The molecule has 1 aromatic heterocycles. The normalized spacial score (nSPS) is 15.0. The number of nitrogens with zero attached hydrogens (tertiary/aromatic N) is 4. The maximum Gasteiger partial charge on any atom is 0.263 e. The Hall–Kier alpha value is -2.88. The van der Waals surface area contributed by atoms with Gasteiger partial charge in [-0.3, -0.25) is 9.48 Å². The summed E-state index contributed by atoms with van der Waals surface area (Å²) < 4.78 is 29.6. The lowest BCUT2D eigenvalue weighted by atomic mass is 10.1. The van der Waals surface area contributed by atoms with E-state index in [9.17, 15) is 13.2 Å². The number of amides is 1. The number of aromatic nitrogens is 2. The van der Waals surface area contributed by atoms with E-state index in [-0.39, 0.29) is 23.7 Å². The first-order chi connectivity index (χ1) is 15.6. The van der Waals surface area contributed by atoms with Gasteiger partial charge in [0.15, 0.2) is 0 Å². The van der Waals surface area contributed by atoms with Crippen molar-refractivity contribution < 1.29 is 13.2 Å². The first kappa shape index (κ1) is 23.3. The van der Waals surface area contributed by atoms with Crippen LogP contribution in [0.5, 0.6) is 0 Å². The van der Waals surface area contributed by atoms with Crippen LogP contribution < -0.4 is 10.2 Å². The third-order valence-electron chi connectivity index (χ3n) is 5.52. The molecule has 4 rings (SSSR count). The van der Waals surface area contributed by atoms with Crippen LogP contribution in [0.1, 0.15) is 21.5 Å². The summed E-state index contributed by atoms with van der Waals surface area (Å²) in [5.41, 5.74) is 3.59. The molecule has 174 valence electrons. The summed E-state index contributed by atoms with van der Waals surface area (Å²) >= 11 is 6.09. The third-order valence-corrected chi connectivity index (χ3v) is 7.59. The fraction of sp³-hybridized carbons (Fsp3) is 0.304. The largest absolute Gasteiger partial charge is 0.369 e. The van der Waals surface area contributed by atoms with Crippen molar-refractivity contribution in [1.29, 1.82) is 0 Å². The van der Waals surface area contributed by atoms with Crippen molar-refractivity contribution in [2.45, 2.75) is 18.9 Å². The summed E-state index contributed by atoms with van der Waals surface area (Å²) in [7, 11) is -2.35. The number of carbonyl (C=O) groups excluding carboxylic acids is 1. The van der Waals surface area contributed by atoms with Crippen molar-refractivity contribution in [1.82, 2.24) is 14.1 Å². The number of sulfonamides is 1. The molecule has 8 nitrogen and oxygen atoms in total. The van der Waals surface area contributed by atoms with Crippen molar-refractivity contribution in [3.63, 3.8) is 0 Å². The SMILES string of the molecule is Cc1cc(C)cc(NC(=O)c2cn(C)nc2S(=O)(=O)N2CCN(c3cccc(Cl)c3)CC2)c1. The van der Waals surface area contributed by atoms with Crippen molar-refractivity contribution >= 4 is 38.9 Å². The molecule has 0 atom stereocenters. The number of halogens is 1. The maximum absolute atomic E-state index is 13.4. The highest BCUT2D eigenvalue weighted by Gasteiger charge is 2.34. The molecule has 1 aliphatic heterocycles. The van der Waals surface area contributed by atoms with Gasteiger partial charge in [-0.15, -0.1) is 0 Å². The predicted octanol–water partition coefficient (Wildman–Crippen LogP) is 3.45. The fourth-order valence-corrected chi connectivity index (χ4v) is 5.77. The molecule has 1 amide bonds. The molecule has 1 saturated heterocycles. The minimum absolute atomic E-state index is 0.0222. The summed E-state index contributed by atoms with van der Waals surface area (Å²) in [5.74, 6) is -0.510. The van der Waals surface area contributed by atoms with Crippen LogP contribution in [0, 0.1) is 13.8 Å². The molecule has 33 heavy (non-hydrogen) atoms. The Bertz CT molecular complexity index is 1280. The molecule has 0 saturated carbocycles. The monoisotopic (exact) mass is 487 g/mol. The fourth-order valence-electron chi connectivity index (χ4n) is 4.04.